The Hall–Kier alpha value is -1.66. The van der Waals surface area contributed by atoms with Gasteiger partial charge in [0.15, 0.2) is 0 Å². The monoisotopic (exact) mass is 323 g/mol. The van der Waals surface area contributed by atoms with Crippen LogP contribution in [0, 0.1) is 5.82 Å². The Kier molecular flexibility index (Phi) is 5.96. The van der Waals surface area contributed by atoms with Gasteiger partial charge in [0, 0.05) is 45.8 Å². The smallest absolute Gasteiger partial charge is 0.251 e. The van der Waals surface area contributed by atoms with E-state index in [1.807, 2.05) is 0 Å². The second kappa shape index (κ2) is 7.75. The van der Waals surface area contributed by atoms with E-state index >= 15 is 0 Å². The molecule has 6 heteroatoms. The summed E-state index contributed by atoms with van der Waals surface area (Å²) in [5.41, 5.74) is 0.814. The van der Waals surface area contributed by atoms with Crippen LogP contribution in [0.25, 0.3) is 0 Å². The van der Waals surface area contributed by atoms with Gasteiger partial charge in [0.2, 0.25) is 0 Å². The number of anilines is 1. The number of amides is 1. The van der Waals surface area contributed by atoms with Crippen LogP contribution in [0.3, 0.4) is 0 Å². The van der Waals surface area contributed by atoms with Gasteiger partial charge in [-0.1, -0.05) is 0 Å². The van der Waals surface area contributed by atoms with Gasteiger partial charge in [0.05, 0.1) is 17.9 Å². The molecule has 1 fully saturated rings. The number of rotatable bonds is 5. The summed E-state index contributed by atoms with van der Waals surface area (Å²) in [6.45, 7) is 7.14. The molecule has 5 nitrogen and oxygen atoms in total. The second-order valence-electron chi connectivity index (χ2n) is 6.33. The molecule has 1 N–H and O–H groups in total. The van der Waals surface area contributed by atoms with Crippen LogP contribution < -0.4 is 10.2 Å². The van der Waals surface area contributed by atoms with Gasteiger partial charge >= 0.3 is 0 Å². The normalized spacial score (nSPS) is 22.0. The lowest BCUT2D eigenvalue weighted by atomic mass is 10.1. The summed E-state index contributed by atoms with van der Waals surface area (Å²) in [7, 11) is 3.53. The van der Waals surface area contributed by atoms with Crippen LogP contribution in [0.5, 0.6) is 0 Å². The van der Waals surface area contributed by atoms with Crippen molar-refractivity contribution in [2.45, 2.75) is 26.1 Å². The van der Waals surface area contributed by atoms with Crippen molar-refractivity contribution in [1.29, 1.82) is 0 Å². The average molecular weight is 323 g/mol. The predicted molar refractivity (Wildman–Crippen MR) is 89.5 cm³/mol. The third kappa shape index (κ3) is 4.91. The highest BCUT2D eigenvalue weighted by Gasteiger charge is 2.21. The number of nitrogens with one attached hydrogen (secondary N) is 1. The maximum atomic E-state index is 13.9. The minimum absolute atomic E-state index is 0.210. The molecule has 1 saturated heterocycles. The van der Waals surface area contributed by atoms with Crippen LogP contribution in [0.2, 0.25) is 0 Å². The number of ether oxygens (including phenoxy) is 1. The van der Waals surface area contributed by atoms with Crippen molar-refractivity contribution < 1.29 is 13.9 Å². The number of carbonyl (C=O) groups excluding carboxylic acids is 1. The molecule has 1 amide bonds. The van der Waals surface area contributed by atoms with E-state index in [-0.39, 0.29) is 18.1 Å². The first kappa shape index (κ1) is 17.7. The average Bonchev–Trinajstić information content (AvgIpc) is 2.45. The van der Waals surface area contributed by atoms with Crippen LogP contribution in [-0.2, 0) is 4.74 Å². The zero-order valence-corrected chi connectivity index (χ0v) is 14.3. The molecule has 0 radical (unpaired) electrons. The molecule has 23 heavy (non-hydrogen) atoms. The number of carbonyl (C=O) groups is 1. The standard InChI is InChI=1S/C17H26FN3O2/c1-12-10-21(11-13(2)23-12)8-7-19-17(22)14-5-6-16(20(3)4)15(18)9-14/h5-6,9,12-13H,7-8,10-11H2,1-4H3,(H,19,22)/t12-,13-/m0/s1. The zero-order valence-electron chi connectivity index (χ0n) is 14.3. The van der Waals surface area contributed by atoms with E-state index in [9.17, 15) is 9.18 Å². The largest absolute Gasteiger partial charge is 0.375 e. The Morgan fingerprint density at radius 1 is 1.35 bits per heavy atom. The van der Waals surface area contributed by atoms with E-state index in [0.29, 0.717) is 17.8 Å². The molecule has 0 spiro atoms. The van der Waals surface area contributed by atoms with Crippen molar-refractivity contribution in [2.75, 3.05) is 45.2 Å². The molecular weight excluding hydrogens is 297 g/mol. The van der Waals surface area contributed by atoms with E-state index in [2.05, 4.69) is 24.1 Å². The topological polar surface area (TPSA) is 44.8 Å². The first-order valence-corrected chi connectivity index (χ1v) is 7.99. The lowest BCUT2D eigenvalue weighted by Gasteiger charge is -2.35. The first-order chi connectivity index (χ1) is 10.9. The SMILES string of the molecule is C[C@H]1CN(CCNC(=O)c2ccc(N(C)C)c(F)c2)C[C@H](C)O1. The number of hydrogen-bond acceptors (Lipinski definition) is 4. The zero-order chi connectivity index (χ0) is 17.0. The minimum atomic E-state index is -0.390. The van der Waals surface area contributed by atoms with Crippen LogP contribution in [0.1, 0.15) is 24.2 Å². The number of morpholine rings is 1. The van der Waals surface area contributed by atoms with Gasteiger partial charge in [-0.25, -0.2) is 4.39 Å². The quantitative estimate of drug-likeness (QED) is 0.896. The number of hydrogen-bond donors (Lipinski definition) is 1. The summed E-state index contributed by atoms with van der Waals surface area (Å²) in [4.78, 5) is 16.1. The predicted octanol–water partition coefficient (Wildman–Crippen LogP) is 1.73. The summed E-state index contributed by atoms with van der Waals surface area (Å²) in [6.07, 6.45) is 0.421. The number of nitrogens with zero attached hydrogens (tertiary/aromatic N) is 2. The van der Waals surface area contributed by atoms with Crippen LogP contribution in [-0.4, -0.2) is 63.3 Å². The van der Waals surface area contributed by atoms with Gasteiger partial charge < -0.3 is 15.0 Å². The van der Waals surface area contributed by atoms with Gasteiger partial charge in [0.1, 0.15) is 5.82 Å². The fraction of sp³-hybridized carbons (Fsp3) is 0.588. The minimum Gasteiger partial charge on any atom is -0.375 e. The summed E-state index contributed by atoms with van der Waals surface area (Å²) in [6, 6.07) is 4.55. The second-order valence-corrected chi connectivity index (χ2v) is 6.33. The number of halogens is 1. The Balaban J connectivity index is 1.84. The Bertz CT molecular complexity index is 541. The lowest BCUT2D eigenvalue weighted by molar-refractivity contribution is -0.0672. The maximum Gasteiger partial charge on any atom is 0.251 e. The highest BCUT2D eigenvalue weighted by Crippen LogP contribution is 2.18. The molecule has 2 atom stereocenters. The molecule has 0 aromatic heterocycles. The van der Waals surface area contributed by atoms with Crippen molar-refractivity contribution >= 4 is 11.6 Å². The summed E-state index contributed by atoms with van der Waals surface area (Å²) in [5.74, 6) is -0.637. The highest BCUT2D eigenvalue weighted by atomic mass is 19.1. The van der Waals surface area contributed by atoms with Crippen molar-refractivity contribution in [2.24, 2.45) is 0 Å². The highest BCUT2D eigenvalue weighted by molar-refractivity contribution is 5.94. The van der Waals surface area contributed by atoms with E-state index in [4.69, 9.17) is 4.74 Å². The molecule has 0 saturated carbocycles. The van der Waals surface area contributed by atoms with Gasteiger partial charge in [-0.15, -0.1) is 0 Å². The van der Waals surface area contributed by atoms with Crippen molar-refractivity contribution in [3.63, 3.8) is 0 Å². The molecule has 0 aliphatic carbocycles. The van der Waals surface area contributed by atoms with Crippen molar-refractivity contribution in [1.82, 2.24) is 10.2 Å². The molecule has 0 unspecified atom stereocenters. The third-order valence-corrected chi connectivity index (χ3v) is 3.90. The summed E-state index contributed by atoms with van der Waals surface area (Å²) < 4.78 is 19.6. The van der Waals surface area contributed by atoms with E-state index in [1.54, 1.807) is 31.1 Å². The van der Waals surface area contributed by atoms with Crippen molar-refractivity contribution in [3.05, 3.63) is 29.6 Å². The molecule has 128 valence electrons. The molecule has 1 aromatic rings. The summed E-state index contributed by atoms with van der Waals surface area (Å²) >= 11 is 0. The van der Waals surface area contributed by atoms with Crippen LogP contribution in [0.4, 0.5) is 10.1 Å². The molecule has 0 bridgehead atoms. The first-order valence-electron chi connectivity index (χ1n) is 7.99. The number of benzene rings is 1. The fourth-order valence-electron chi connectivity index (χ4n) is 2.91. The van der Waals surface area contributed by atoms with Gasteiger partial charge in [-0.2, -0.15) is 0 Å². The molecule has 1 aliphatic rings. The van der Waals surface area contributed by atoms with Crippen LogP contribution >= 0.6 is 0 Å². The Morgan fingerprint density at radius 3 is 2.57 bits per heavy atom. The molecule has 1 heterocycles. The van der Waals surface area contributed by atoms with Gasteiger partial charge in [0.25, 0.3) is 5.91 Å². The van der Waals surface area contributed by atoms with E-state index in [0.717, 1.165) is 19.6 Å². The lowest BCUT2D eigenvalue weighted by Crippen LogP contribution is -2.47. The fourth-order valence-corrected chi connectivity index (χ4v) is 2.91. The van der Waals surface area contributed by atoms with E-state index in [1.165, 1.54) is 6.07 Å². The maximum absolute atomic E-state index is 13.9. The summed E-state index contributed by atoms with van der Waals surface area (Å²) in [5, 5.41) is 2.85. The molecular formula is C17H26FN3O2. The molecule has 1 aromatic carbocycles. The van der Waals surface area contributed by atoms with Gasteiger partial charge in [-0.3, -0.25) is 9.69 Å². The van der Waals surface area contributed by atoms with Crippen LogP contribution in [0.15, 0.2) is 18.2 Å². The molecule has 2 rings (SSSR count). The third-order valence-electron chi connectivity index (χ3n) is 3.90. The van der Waals surface area contributed by atoms with Gasteiger partial charge in [-0.05, 0) is 32.0 Å². The molecule has 1 aliphatic heterocycles. The van der Waals surface area contributed by atoms with E-state index < -0.39 is 5.82 Å². The Morgan fingerprint density at radius 2 is 2.00 bits per heavy atom. The Labute approximate surface area is 137 Å². The van der Waals surface area contributed by atoms with Crippen molar-refractivity contribution in [3.8, 4) is 0 Å².